The monoisotopic (exact) mass is 473 g/mol. The zero-order valence-corrected chi connectivity index (χ0v) is 19.0. The van der Waals surface area contributed by atoms with Crippen molar-refractivity contribution in [1.82, 2.24) is 15.2 Å². The number of ether oxygens (including phenoxy) is 1. The summed E-state index contributed by atoms with van der Waals surface area (Å²) in [5.41, 5.74) is 1.71. The molecule has 3 atom stereocenters. The largest absolute Gasteiger partial charge is 0.459 e. The smallest absolute Gasteiger partial charge is 0.170 e. The third-order valence-electron chi connectivity index (χ3n) is 5.74. The molecule has 0 amide bonds. The number of hydrogen-bond donors (Lipinski definition) is 1. The van der Waals surface area contributed by atoms with Crippen molar-refractivity contribution in [3.63, 3.8) is 0 Å². The quantitative estimate of drug-likeness (QED) is 0.472. The van der Waals surface area contributed by atoms with Gasteiger partial charge in [-0.1, -0.05) is 29.3 Å². The van der Waals surface area contributed by atoms with Crippen molar-refractivity contribution in [3.8, 4) is 11.3 Å². The molecule has 1 aromatic carbocycles. The lowest BCUT2D eigenvalue weighted by molar-refractivity contribution is 0.0818. The fourth-order valence-corrected chi connectivity index (χ4v) is 5.08. The number of thiocarbonyl (C=S) groups is 1. The summed E-state index contributed by atoms with van der Waals surface area (Å²) in [5.74, 6) is 1.48. The third kappa shape index (κ3) is 4.17. The Hall–Kier alpha value is -2.12. The van der Waals surface area contributed by atoms with Crippen LogP contribution in [0.5, 0.6) is 0 Å². The first-order valence-electron chi connectivity index (χ1n) is 10.2. The van der Waals surface area contributed by atoms with Gasteiger partial charge in [0.2, 0.25) is 0 Å². The zero-order chi connectivity index (χ0) is 21.4. The standard InChI is InChI=1S/C23H21Cl2N3O2S/c24-14-6-7-16(17(25)12-14)19-8-9-20(30-19)22-21(18-5-1-2-10-26-18)27-23(31)28(22)13-15-4-3-11-29-15/h1-2,5-10,12,15,21-22H,3-4,11,13H2,(H,27,31)/t15-,21+,22-/m0/s1. The summed E-state index contributed by atoms with van der Waals surface area (Å²) < 4.78 is 12.2. The molecule has 0 bridgehead atoms. The van der Waals surface area contributed by atoms with Crippen molar-refractivity contribution in [2.45, 2.75) is 31.0 Å². The molecule has 0 unspecified atom stereocenters. The molecule has 0 saturated carbocycles. The number of aromatic nitrogens is 1. The van der Waals surface area contributed by atoms with Crippen LogP contribution in [0.15, 0.2) is 59.1 Å². The molecule has 1 N–H and O–H groups in total. The molecule has 31 heavy (non-hydrogen) atoms. The molecule has 2 aliphatic rings. The third-order valence-corrected chi connectivity index (χ3v) is 6.64. The first kappa shape index (κ1) is 20.8. The van der Waals surface area contributed by atoms with Gasteiger partial charge in [-0.25, -0.2) is 0 Å². The Bertz CT molecular complexity index is 1090. The number of nitrogens with zero attached hydrogens (tertiary/aromatic N) is 2. The van der Waals surface area contributed by atoms with Gasteiger partial charge in [0.05, 0.1) is 22.9 Å². The minimum atomic E-state index is -0.147. The van der Waals surface area contributed by atoms with Gasteiger partial charge in [0, 0.05) is 29.9 Å². The molecule has 2 aromatic heterocycles. The molecule has 2 saturated heterocycles. The Labute approximate surface area is 196 Å². The Balaban J connectivity index is 1.51. The highest BCUT2D eigenvalue weighted by Gasteiger charge is 2.42. The number of nitrogens with one attached hydrogen (secondary N) is 1. The topological polar surface area (TPSA) is 50.5 Å². The molecule has 8 heteroatoms. The van der Waals surface area contributed by atoms with E-state index < -0.39 is 0 Å². The zero-order valence-electron chi connectivity index (χ0n) is 16.6. The number of furan rings is 1. The molecule has 2 fully saturated rings. The van der Waals surface area contributed by atoms with E-state index in [0.29, 0.717) is 27.5 Å². The Morgan fingerprint density at radius 1 is 1.16 bits per heavy atom. The molecule has 3 aromatic rings. The number of hydrogen-bond acceptors (Lipinski definition) is 4. The maximum Gasteiger partial charge on any atom is 0.170 e. The van der Waals surface area contributed by atoms with Gasteiger partial charge in [0.25, 0.3) is 0 Å². The van der Waals surface area contributed by atoms with Crippen LogP contribution in [0.4, 0.5) is 0 Å². The minimum absolute atomic E-state index is 0.130. The van der Waals surface area contributed by atoms with E-state index in [2.05, 4.69) is 15.2 Å². The van der Waals surface area contributed by atoms with Gasteiger partial charge >= 0.3 is 0 Å². The summed E-state index contributed by atoms with van der Waals surface area (Å²) in [6, 6.07) is 14.9. The summed E-state index contributed by atoms with van der Waals surface area (Å²) in [6.07, 6.45) is 4.06. The molecule has 5 nitrogen and oxygen atoms in total. The fourth-order valence-electron chi connectivity index (χ4n) is 4.26. The maximum atomic E-state index is 6.41. The maximum absolute atomic E-state index is 6.41. The first-order valence-corrected chi connectivity index (χ1v) is 11.4. The number of pyridine rings is 1. The van der Waals surface area contributed by atoms with Crippen LogP contribution in [0.1, 0.15) is 36.4 Å². The van der Waals surface area contributed by atoms with Crippen LogP contribution >= 0.6 is 35.4 Å². The lowest BCUT2D eigenvalue weighted by atomic mass is 10.0. The Morgan fingerprint density at radius 2 is 2.06 bits per heavy atom. The highest BCUT2D eigenvalue weighted by Crippen LogP contribution is 2.42. The van der Waals surface area contributed by atoms with E-state index >= 15 is 0 Å². The number of halogens is 2. The fraction of sp³-hybridized carbons (Fsp3) is 0.304. The first-order chi connectivity index (χ1) is 15.1. The Morgan fingerprint density at radius 3 is 2.81 bits per heavy atom. The van der Waals surface area contributed by atoms with Crippen molar-refractivity contribution in [1.29, 1.82) is 0 Å². The van der Waals surface area contributed by atoms with Gasteiger partial charge in [-0.15, -0.1) is 0 Å². The second kappa shape index (κ2) is 8.79. The van der Waals surface area contributed by atoms with Gasteiger partial charge in [0.1, 0.15) is 17.6 Å². The van der Waals surface area contributed by atoms with Crippen LogP contribution in [0.2, 0.25) is 10.0 Å². The van der Waals surface area contributed by atoms with E-state index in [1.807, 2.05) is 36.4 Å². The van der Waals surface area contributed by atoms with Crippen LogP contribution < -0.4 is 5.32 Å². The van der Waals surface area contributed by atoms with E-state index in [-0.39, 0.29) is 18.2 Å². The number of rotatable bonds is 5. The van der Waals surface area contributed by atoms with Gasteiger partial charge < -0.3 is 19.4 Å². The van der Waals surface area contributed by atoms with Gasteiger partial charge in [-0.05, 0) is 67.5 Å². The van der Waals surface area contributed by atoms with Gasteiger partial charge in [-0.3, -0.25) is 4.98 Å². The summed E-state index contributed by atoms with van der Waals surface area (Å²) in [5, 5.41) is 5.26. The summed E-state index contributed by atoms with van der Waals surface area (Å²) in [7, 11) is 0. The van der Waals surface area contributed by atoms with Gasteiger partial charge in [-0.2, -0.15) is 0 Å². The molecular formula is C23H21Cl2N3O2S. The van der Waals surface area contributed by atoms with E-state index in [1.165, 1.54) is 0 Å². The van der Waals surface area contributed by atoms with E-state index in [9.17, 15) is 0 Å². The predicted molar refractivity (Wildman–Crippen MR) is 125 cm³/mol. The van der Waals surface area contributed by atoms with Crippen molar-refractivity contribution >= 4 is 40.5 Å². The lowest BCUT2D eigenvalue weighted by Gasteiger charge is -2.28. The molecule has 2 aliphatic heterocycles. The molecule has 5 rings (SSSR count). The van der Waals surface area contributed by atoms with Crippen molar-refractivity contribution < 1.29 is 9.15 Å². The molecule has 0 spiro atoms. The van der Waals surface area contributed by atoms with Gasteiger partial charge in [0.15, 0.2) is 5.11 Å². The molecule has 4 heterocycles. The summed E-state index contributed by atoms with van der Waals surface area (Å²) >= 11 is 18.2. The van der Waals surface area contributed by atoms with E-state index in [4.69, 9.17) is 44.6 Å². The van der Waals surface area contributed by atoms with Crippen LogP contribution in [0, 0.1) is 0 Å². The molecule has 0 radical (unpaired) electrons. The summed E-state index contributed by atoms with van der Waals surface area (Å²) in [4.78, 5) is 6.73. The van der Waals surface area contributed by atoms with Crippen LogP contribution in [-0.2, 0) is 4.74 Å². The Kier molecular flexibility index (Phi) is 5.89. The molecule has 160 valence electrons. The SMILES string of the molecule is S=C1N[C@H](c2ccccn2)[C@H](c2ccc(-c3ccc(Cl)cc3Cl)o2)N1C[C@@H]1CCCO1. The second-order valence-electron chi connectivity index (χ2n) is 7.74. The average Bonchev–Trinajstić information content (AvgIpc) is 3.51. The van der Waals surface area contributed by atoms with Crippen LogP contribution in [0.25, 0.3) is 11.3 Å². The second-order valence-corrected chi connectivity index (χ2v) is 8.97. The van der Waals surface area contributed by atoms with Crippen LogP contribution in [-0.4, -0.2) is 34.3 Å². The van der Waals surface area contributed by atoms with E-state index in [0.717, 1.165) is 36.5 Å². The van der Waals surface area contributed by atoms with Crippen molar-refractivity contribution in [3.05, 3.63) is 76.2 Å². The number of benzene rings is 1. The predicted octanol–water partition coefficient (Wildman–Crippen LogP) is 5.80. The van der Waals surface area contributed by atoms with Crippen LogP contribution in [0.3, 0.4) is 0 Å². The highest BCUT2D eigenvalue weighted by atomic mass is 35.5. The van der Waals surface area contributed by atoms with Crippen molar-refractivity contribution in [2.75, 3.05) is 13.2 Å². The normalized spacial score (nSPS) is 23.4. The van der Waals surface area contributed by atoms with E-state index in [1.54, 1.807) is 18.3 Å². The molecule has 0 aliphatic carbocycles. The summed E-state index contributed by atoms with van der Waals surface area (Å²) in [6.45, 7) is 1.50. The highest BCUT2D eigenvalue weighted by molar-refractivity contribution is 7.80. The van der Waals surface area contributed by atoms with Crippen molar-refractivity contribution in [2.24, 2.45) is 0 Å². The molecular weight excluding hydrogens is 453 g/mol. The minimum Gasteiger partial charge on any atom is -0.459 e. The lowest BCUT2D eigenvalue weighted by Crippen LogP contribution is -2.36. The average molecular weight is 474 g/mol.